The maximum absolute atomic E-state index is 15.4. The van der Waals surface area contributed by atoms with E-state index < -0.39 is 11.5 Å². The summed E-state index contributed by atoms with van der Waals surface area (Å²) in [5, 5.41) is 0.717. The molecule has 200 valence electrons. The number of ether oxygens (including phenoxy) is 3. The summed E-state index contributed by atoms with van der Waals surface area (Å²) in [6, 6.07) is 25.8. The second-order valence-electron chi connectivity index (χ2n) is 9.34. The Morgan fingerprint density at radius 3 is 1.97 bits per heavy atom. The van der Waals surface area contributed by atoms with Crippen molar-refractivity contribution in [3.63, 3.8) is 0 Å². The molecular formula is C31H27Cl2FN2O3. The normalized spacial score (nSPS) is 16.1. The van der Waals surface area contributed by atoms with E-state index in [1.165, 1.54) is 6.07 Å². The van der Waals surface area contributed by atoms with Gasteiger partial charge >= 0.3 is 0 Å². The van der Waals surface area contributed by atoms with Crippen molar-refractivity contribution >= 4 is 34.1 Å². The number of benzene rings is 4. The van der Waals surface area contributed by atoms with E-state index in [2.05, 4.69) is 9.89 Å². The van der Waals surface area contributed by atoms with Crippen LogP contribution in [0.2, 0.25) is 5.02 Å². The topological polar surface area (TPSA) is 43.3 Å². The molecule has 8 heteroatoms. The van der Waals surface area contributed by atoms with E-state index >= 15 is 4.39 Å². The van der Waals surface area contributed by atoms with Crippen molar-refractivity contribution in [1.29, 1.82) is 0 Å². The first kappa shape index (κ1) is 26.9. The molecular weight excluding hydrogens is 538 g/mol. The van der Waals surface area contributed by atoms with Gasteiger partial charge in [0.05, 0.1) is 25.3 Å². The first-order chi connectivity index (χ1) is 18.8. The number of halogens is 3. The van der Waals surface area contributed by atoms with Gasteiger partial charge in [0.15, 0.2) is 0 Å². The molecule has 0 spiro atoms. The van der Waals surface area contributed by atoms with Gasteiger partial charge in [0.25, 0.3) is 0 Å². The van der Waals surface area contributed by atoms with Crippen molar-refractivity contribution in [2.45, 2.75) is 25.7 Å². The van der Waals surface area contributed by atoms with Crippen molar-refractivity contribution in [2.24, 2.45) is 4.99 Å². The van der Waals surface area contributed by atoms with Gasteiger partial charge in [0.2, 0.25) is 5.72 Å². The fraction of sp³-hybridized carbons (Fsp3) is 0.194. The molecule has 5 rings (SSSR count). The van der Waals surface area contributed by atoms with Gasteiger partial charge in [0.1, 0.15) is 28.2 Å². The molecule has 1 heterocycles. The van der Waals surface area contributed by atoms with Crippen molar-refractivity contribution < 1.29 is 18.6 Å². The molecule has 0 radical (unpaired) electrons. The van der Waals surface area contributed by atoms with Crippen molar-refractivity contribution in [2.75, 3.05) is 19.1 Å². The molecule has 1 aliphatic rings. The highest BCUT2D eigenvalue weighted by atomic mass is 35.5. The summed E-state index contributed by atoms with van der Waals surface area (Å²) in [7, 11) is 3.28. The number of fused-ring (bicyclic) bond motifs is 1. The number of anilines is 1. The smallest absolute Gasteiger partial charge is 0.227 e. The first-order valence-electron chi connectivity index (χ1n) is 12.3. The van der Waals surface area contributed by atoms with Crippen LogP contribution < -0.4 is 19.1 Å². The Kier molecular flexibility index (Phi) is 7.69. The average Bonchev–Trinajstić information content (AvgIpc) is 2.94. The number of hydrogen-bond acceptors (Lipinski definition) is 5. The summed E-state index contributed by atoms with van der Waals surface area (Å²) in [5.74, 6) is 1.60. The second-order valence-corrected chi connectivity index (χ2v) is 10.1. The molecule has 0 saturated carbocycles. The molecule has 0 aliphatic carbocycles. The summed E-state index contributed by atoms with van der Waals surface area (Å²) in [6.07, 6.45) is 0. The van der Waals surface area contributed by atoms with Crippen LogP contribution in [0.15, 0.2) is 89.9 Å². The molecule has 0 fully saturated rings. The zero-order valence-corrected chi connectivity index (χ0v) is 23.3. The van der Waals surface area contributed by atoms with Crippen molar-refractivity contribution in [1.82, 2.24) is 0 Å². The Hall–Kier alpha value is -3.74. The molecule has 39 heavy (non-hydrogen) atoms. The van der Waals surface area contributed by atoms with Crippen LogP contribution in [-0.2, 0) is 18.8 Å². The van der Waals surface area contributed by atoms with Crippen LogP contribution in [0.3, 0.4) is 0 Å². The van der Waals surface area contributed by atoms with E-state index in [4.69, 9.17) is 37.4 Å². The maximum atomic E-state index is 15.4. The zero-order valence-electron chi connectivity index (χ0n) is 21.8. The largest absolute Gasteiger partial charge is 0.497 e. The predicted molar refractivity (Wildman–Crippen MR) is 154 cm³/mol. The molecule has 4 aromatic carbocycles. The predicted octanol–water partition coefficient (Wildman–Crippen LogP) is 7.95. The molecule has 1 aliphatic heterocycles. The number of hydrogen-bond donors (Lipinski definition) is 0. The van der Waals surface area contributed by atoms with Gasteiger partial charge in [-0.15, -0.1) is 0 Å². The summed E-state index contributed by atoms with van der Waals surface area (Å²) in [5.41, 5.74) is 2.41. The number of aliphatic imine (C=N–C) groups is 1. The number of methoxy groups -OCH3 is 2. The van der Waals surface area contributed by atoms with Crippen LogP contribution >= 0.6 is 23.2 Å². The highest BCUT2D eigenvalue weighted by Crippen LogP contribution is 2.41. The van der Waals surface area contributed by atoms with Gasteiger partial charge in [0, 0.05) is 30.7 Å². The van der Waals surface area contributed by atoms with E-state index in [-0.39, 0.29) is 10.7 Å². The molecule has 4 aromatic rings. The van der Waals surface area contributed by atoms with Gasteiger partial charge in [-0.1, -0.05) is 47.5 Å². The van der Waals surface area contributed by atoms with E-state index in [1.54, 1.807) is 51.5 Å². The molecule has 5 nitrogen and oxygen atoms in total. The SMILES string of the molecule is COc1ccc(CN(Cc2ccc(OC)cc2)c2ccc(F)c(C3(C)N=C(Cl)c4cc(Cl)ccc4O3)c2)cc1. The van der Waals surface area contributed by atoms with E-state index in [9.17, 15) is 0 Å². The Morgan fingerprint density at radius 1 is 0.821 bits per heavy atom. The van der Waals surface area contributed by atoms with E-state index in [1.807, 2.05) is 48.5 Å². The standard InChI is InChI=1S/C31H27Cl2FN2O3/c1-31(35-30(33)26-16-22(32)8-15-29(26)39-31)27-17-23(9-14-28(27)34)36(18-20-4-10-24(37-2)11-5-20)19-21-6-12-25(38-3)13-7-21/h4-17H,18-19H2,1-3H3. The van der Waals surface area contributed by atoms with Gasteiger partial charge in [-0.2, -0.15) is 0 Å². The molecule has 0 amide bonds. The summed E-state index contributed by atoms with van der Waals surface area (Å²) in [4.78, 5) is 6.71. The van der Waals surface area contributed by atoms with E-state index in [0.29, 0.717) is 29.4 Å². The lowest BCUT2D eigenvalue weighted by Crippen LogP contribution is -2.33. The first-order valence-corrected chi connectivity index (χ1v) is 13.1. The monoisotopic (exact) mass is 564 g/mol. The third-order valence-corrected chi connectivity index (χ3v) is 7.19. The van der Waals surface area contributed by atoms with Gasteiger partial charge < -0.3 is 19.1 Å². The number of nitrogens with zero attached hydrogens (tertiary/aromatic N) is 2. The molecule has 0 N–H and O–H groups in total. The summed E-state index contributed by atoms with van der Waals surface area (Å²) in [6.45, 7) is 2.85. The molecule has 1 atom stereocenters. The molecule has 0 aromatic heterocycles. The van der Waals surface area contributed by atoms with Crippen LogP contribution in [0, 0.1) is 5.82 Å². The molecule has 1 unspecified atom stereocenters. The Morgan fingerprint density at radius 2 is 1.41 bits per heavy atom. The van der Waals surface area contributed by atoms with Crippen LogP contribution in [0.4, 0.5) is 10.1 Å². The Labute approximate surface area is 237 Å². The Balaban J connectivity index is 1.52. The Bertz CT molecular complexity index is 1460. The lowest BCUT2D eigenvalue weighted by molar-refractivity contribution is 0.0893. The summed E-state index contributed by atoms with van der Waals surface area (Å²) >= 11 is 12.7. The third kappa shape index (κ3) is 5.82. The van der Waals surface area contributed by atoms with Crippen LogP contribution in [-0.4, -0.2) is 19.4 Å². The van der Waals surface area contributed by atoms with Crippen LogP contribution in [0.1, 0.15) is 29.2 Å². The van der Waals surface area contributed by atoms with Gasteiger partial charge in [-0.05, 0) is 71.8 Å². The maximum Gasteiger partial charge on any atom is 0.227 e. The lowest BCUT2D eigenvalue weighted by Gasteiger charge is -2.33. The zero-order chi connectivity index (χ0) is 27.6. The van der Waals surface area contributed by atoms with E-state index in [0.717, 1.165) is 28.3 Å². The number of rotatable bonds is 8. The third-order valence-electron chi connectivity index (χ3n) is 6.66. The van der Waals surface area contributed by atoms with Crippen molar-refractivity contribution in [3.8, 4) is 17.2 Å². The lowest BCUT2D eigenvalue weighted by atomic mass is 10.0. The molecule has 0 saturated heterocycles. The van der Waals surface area contributed by atoms with Crippen LogP contribution in [0.25, 0.3) is 0 Å². The summed E-state index contributed by atoms with van der Waals surface area (Å²) < 4.78 is 32.2. The van der Waals surface area contributed by atoms with Crippen molar-refractivity contribution in [3.05, 3.63) is 118 Å². The van der Waals surface area contributed by atoms with Crippen LogP contribution in [0.5, 0.6) is 17.2 Å². The highest BCUT2D eigenvalue weighted by molar-refractivity contribution is 6.70. The fourth-order valence-corrected chi connectivity index (χ4v) is 5.04. The quantitative estimate of drug-likeness (QED) is 0.218. The second kappa shape index (κ2) is 11.2. The minimum absolute atomic E-state index is 0.208. The fourth-order valence-electron chi connectivity index (χ4n) is 4.56. The average molecular weight is 565 g/mol. The highest BCUT2D eigenvalue weighted by Gasteiger charge is 2.37. The minimum atomic E-state index is -1.37. The van der Waals surface area contributed by atoms with Gasteiger partial charge in [-0.3, -0.25) is 0 Å². The minimum Gasteiger partial charge on any atom is -0.497 e. The van der Waals surface area contributed by atoms with Gasteiger partial charge in [-0.25, -0.2) is 9.38 Å². The molecule has 0 bridgehead atoms.